The van der Waals surface area contributed by atoms with E-state index in [9.17, 15) is 4.39 Å². The maximum atomic E-state index is 13.2. The van der Waals surface area contributed by atoms with Crippen LogP contribution in [0.3, 0.4) is 0 Å². The van der Waals surface area contributed by atoms with E-state index in [2.05, 4.69) is 34.2 Å². The second-order valence-electron chi connectivity index (χ2n) is 4.84. The van der Waals surface area contributed by atoms with Gasteiger partial charge in [0.1, 0.15) is 11.6 Å². The Balaban J connectivity index is 2.19. The zero-order valence-corrected chi connectivity index (χ0v) is 14.6. The fourth-order valence-electron chi connectivity index (χ4n) is 2.12. The first-order valence-corrected chi connectivity index (χ1v) is 8.61. The number of thiophene rings is 1. The molecule has 21 heavy (non-hydrogen) atoms. The molecule has 0 bridgehead atoms. The van der Waals surface area contributed by atoms with Crippen LogP contribution in [-0.2, 0) is 6.42 Å². The molecular formula is C16H19BrFNOS. The van der Waals surface area contributed by atoms with Crippen molar-refractivity contribution < 1.29 is 9.13 Å². The van der Waals surface area contributed by atoms with Gasteiger partial charge in [-0.1, -0.05) is 28.9 Å². The summed E-state index contributed by atoms with van der Waals surface area (Å²) < 4.78 is 19.3. The first kappa shape index (κ1) is 16.5. The quantitative estimate of drug-likeness (QED) is 0.743. The van der Waals surface area contributed by atoms with E-state index in [4.69, 9.17) is 4.74 Å². The van der Waals surface area contributed by atoms with Gasteiger partial charge in [-0.25, -0.2) is 4.39 Å². The number of methoxy groups -OCH3 is 1. The van der Waals surface area contributed by atoms with Crippen LogP contribution >= 0.6 is 27.3 Å². The molecule has 2 rings (SSSR count). The molecule has 0 saturated heterocycles. The summed E-state index contributed by atoms with van der Waals surface area (Å²) in [5.41, 5.74) is 1.09. The van der Waals surface area contributed by atoms with Gasteiger partial charge >= 0.3 is 0 Å². The van der Waals surface area contributed by atoms with Gasteiger partial charge < -0.3 is 10.1 Å². The van der Waals surface area contributed by atoms with Crippen molar-refractivity contribution in [2.24, 2.45) is 0 Å². The van der Waals surface area contributed by atoms with E-state index in [-0.39, 0.29) is 11.9 Å². The highest BCUT2D eigenvalue weighted by atomic mass is 79.9. The van der Waals surface area contributed by atoms with Crippen LogP contribution in [0.15, 0.2) is 34.1 Å². The zero-order valence-electron chi connectivity index (χ0n) is 12.2. The molecule has 1 unspecified atom stereocenters. The second kappa shape index (κ2) is 7.92. The summed E-state index contributed by atoms with van der Waals surface area (Å²) in [5.74, 6) is 0.665. The predicted octanol–water partition coefficient (Wildman–Crippen LogP) is 4.94. The molecule has 0 fully saturated rings. The van der Waals surface area contributed by atoms with Gasteiger partial charge in [-0.15, -0.1) is 11.3 Å². The van der Waals surface area contributed by atoms with E-state index in [0.29, 0.717) is 0 Å². The SMILES string of the molecule is CCCNC(Cc1ccc(F)cc1Br)c1cc(OC)cs1. The molecule has 1 aromatic carbocycles. The molecule has 0 aliphatic rings. The number of halogens is 2. The van der Waals surface area contributed by atoms with Crippen molar-refractivity contribution in [3.05, 3.63) is 50.4 Å². The van der Waals surface area contributed by atoms with Crippen molar-refractivity contribution in [3.63, 3.8) is 0 Å². The van der Waals surface area contributed by atoms with Gasteiger partial charge in [0.05, 0.1) is 7.11 Å². The van der Waals surface area contributed by atoms with Crippen molar-refractivity contribution in [2.45, 2.75) is 25.8 Å². The van der Waals surface area contributed by atoms with E-state index in [1.165, 1.54) is 17.0 Å². The second-order valence-corrected chi connectivity index (χ2v) is 6.63. The van der Waals surface area contributed by atoms with Crippen molar-refractivity contribution >= 4 is 27.3 Å². The summed E-state index contributed by atoms with van der Waals surface area (Å²) in [6.07, 6.45) is 1.88. The van der Waals surface area contributed by atoms with E-state index < -0.39 is 0 Å². The van der Waals surface area contributed by atoms with Crippen LogP contribution < -0.4 is 10.1 Å². The molecule has 0 amide bonds. The number of rotatable bonds is 7. The fraction of sp³-hybridized carbons (Fsp3) is 0.375. The standard InChI is InChI=1S/C16H19BrFNOS/c1-3-6-19-15(16-9-13(20-2)10-21-16)7-11-4-5-12(18)8-14(11)17/h4-5,8-10,15,19H,3,6-7H2,1-2H3. The molecule has 1 atom stereocenters. The Kier molecular flexibility index (Phi) is 6.21. The molecule has 1 heterocycles. The van der Waals surface area contributed by atoms with Crippen molar-refractivity contribution in [1.29, 1.82) is 0 Å². The van der Waals surface area contributed by atoms with Gasteiger partial charge in [0.25, 0.3) is 0 Å². The minimum Gasteiger partial charge on any atom is -0.496 e. The number of nitrogens with one attached hydrogen (secondary N) is 1. The lowest BCUT2D eigenvalue weighted by Gasteiger charge is -2.18. The summed E-state index contributed by atoms with van der Waals surface area (Å²) >= 11 is 5.13. The zero-order chi connectivity index (χ0) is 15.2. The average Bonchev–Trinajstić information content (AvgIpc) is 2.94. The number of hydrogen-bond donors (Lipinski definition) is 1. The van der Waals surface area contributed by atoms with Crippen LogP contribution in [0.25, 0.3) is 0 Å². The molecule has 0 spiro atoms. The first-order valence-electron chi connectivity index (χ1n) is 6.93. The molecule has 1 aromatic heterocycles. The Hall–Kier alpha value is -0.910. The van der Waals surface area contributed by atoms with Gasteiger partial charge in [-0.05, 0) is 43.1 Å². The molecule has 0 aliphatic heterocycles. The van der Waals surface area contributed by atoms with Crippen molar-refractivity contribution in [3.8, 4) is 5.75 Å². The highest BCUT2D eigenvalue weighted by Gasteiger charge is 2.16. The summed E-state index contributed by atoms with van der Waals surface area (Å²) in [5, 5.41) is 5.56. The Labute approximate surface area is 137 Å². The fourth-order valence-corrected chi connectivity index (χ4v) is 3.57. The largest absolute Gasteiger partial charge is 0.496 e. The smallest absolute Gasteiger partial charge is 0.129 e. The molecule has 0 aliphatic carbocycles. The van der Waals surface area contributed by atoms with E-state index in [0.717, 1.165) is 35.2 Å². The van der Waals surface area contributed by atoms with E-state index in [1.54, 1.807) is 18.4 Å². The minimum absolute atomic E-state index is 0.209. The third kappa shape index (κ3) is 4.53. The van der Waals surface area contributed by atoms with Gasteiger partial charge in [0, 0.05) is 20.8 Å². The Morgan fingerprint density at radius 2 is 2.19 bits per heavy atom. The van der Waals surface area contributed by atoms with Gasteiger partial charge in [-0.2, -0.15) is 0 Å². The maximum Gasteiger partial charge on any atom is 0.129 e. The van der Waals surface area contributed by atoms with Crippen LogP contribution in [0.1, 0.15) is 29.8 Å². The normalized spacial score (nSPS) is 12.4. The Bertz CT molecular complexity index is 587. The molecular weight excluding hydrogens is 353 g/mol. The molecule has 1 N–H and O–H groups in total. The van der Waals surface area contributed by atoms with Crippen molar-refractivity contribution in [2.75, 3.05) is 13.7 Å². The molecule has 2 aromatic rings. The van der Waals surface area contributed by atoms with Crippen LogP contribution in [0.4, 0.5) is 4.39 Å². The topological polar surface area (TPSA) is 21.3 Å². The molecule has 114 valence electrons. The molecule has 0 saturated carbocycles. The van der Waals surface area contributed by atoms with E-state index >= 15 is 0 Å². The molecule has 0 radical (unpaired) electrons. The lowest BCUT2D eigenvalue weighted by molar-refractivity contribution is 0.415. The summed E-state index contributed by atoms with van der Waals surface area (Å²) in [6, 6.07) is 7.13. The Morgan fingerprint density at radius 3 is 2.81 bits per heavy atom. The minimum atomic E-state index is -0.221. The maximum absolute atomic E-state index is 13.2. The monoisotopic (exact) mass is 371 g/mol. The third-order valence-electron chi connectivity index (χ3n) is 3.25. The Morgan fingerprint density at radius 1 is 1.38 bits per heavy atom. The van der Waals surface area contributed by atoms with Gasteiger partial charge in [0.15, 0.2) is 0 Å². The first-order chi connectivity index (χ1) is 10.1. The molecule has 2 nitrogen and oxygen atoms in total. The average molecular weight is 372 g/mol. The summed E-state index contributed by atoms with van der Waals surface area (Å²) in [4.78, 5) is 1.23. The van der Waals surface area contributed by atoms with Crippen LogP contribution in [0, 0.1) is 5.82 Å². The van der Waals surface area contributed by atoms with Crippen LogP contribution in [0.5, 0.6) is 5.75 Å². The lowest BCUT2D eigenvalue weighted by atomic mass is 10.0. The van der Waals surface area contributed by atoms with Crippen LogP contribution in [-0.4, -0.2) is 13.7 Å². The predicted molar refractivity (Wildman–Crippen MR) is 89.7 cm³/mol. The summed E-state index contributed by atoms with van der Waals surface area (Å²) in [7, 11) is 1.68. The van der Waals surface area contributed by atoms with Gasteiger partial charge in [0.2, 0.25) is 0 Å². The lowest BCUT2D eigenvalue weighted by Crippen LogP contribution is -2.23. The van der Waals surface area contributed by atoms with Crippen LogP contribution in [0.2, 0.25) is 0 Å². The number of ether oxygens (including phenoxy) is 1. The highest BCUT2D eigenvalue weighted by molar-refractivity contribution is 9.10. The number of benzene rings is 1. The van der Waals surface area contributed by atoms with E-state index in [1.807, 2.05) is 11.4 Å². The number of hydrogen-bond acceptors (Lipinski definition) is 3. The van der Waals surface area contributed by atoms with Crippen molar-refractivity contribution in [1.82, 2.24) is 5.32 Å². The third-order valence-corrected chi connectivity index (χ3v) is 5.02. The molecule has 5 heteroatoms. The summed E-state index contributed by atoms with van der Waals surface area (Å²) in [6.45, 7) is 3.09. The highest BCUT2D eigenvalue weighted by Crippen LogP contribution is 2.31. The van der Waals surface area contributed by atoms with Gasteiger partial charge in [-0.3, -0.25) is 0 Å².